The average molecular weight is 323 g/mol. The normalized spacial score (nSPS) is 27.2. The Hall–Kier alpha value is -0.950. The van der Waals surface area contributed by atoms with Crippen molar-refractivity contribution in [2.75, 3.05) is 52.1 Å². The Morgan fingerprint density at radius 3 is 2.45 bits per heavy atom. The number of piperazine rings is 1. The van der Waals surface area contributed by atoms with Crippen molar-refractivity contribution >= 4 is 10.0 Å². The Kier molecular flexibility index (Phi) is 4.82. The Balaban J connectivity index is 1.58. The zero-order valence-corrected chi connectivity index (χ0v) is 14.0. The first-order valence-electron chi connectivity index (χ1n) is 7.99. The Morgan fingerprint density at radius 1 is 1.09 bits per heavy atom. The number of likely N-dealkylation sites (N-methyl/N-ethyl adjacent to an activating group) is 1. The molecule has 2 fully saturated rings. The molecule has 22 heavy (non-hydrogen) atoms. The van der Waals surface area contributed by atoms with Gasteiger partial charge in [0.05, 0.1) is 5.75 Å². The number of hydrogen-bond donors (Lipinski definition) is 0. The molecule has 122 valence electrons. The lowest BCUT2D eigenvalue weighted by Gasteiger charge is -2.35. The zero-order valence-electron chi connectivity index (χ0n) is 13.2. The molecule has 3 rings (SSSR count). The summed E-state index contributed by atoms with van der Waals surface area (Å²) in [6, 6.07) is 10.3. The Labute approximate surface area is 133 Å². The molecule has 5 nitrogen and oxygen atoms in total. The minimum atomic E-state index is -3.09. The summed E-state index contributed by atoms with van der Waals surface area (Å²) < 4.78 is 26.5. The summed E-state index contributed by atoms with van der Waals surface area (Å²) in [5.41, 5.74) is 1.20. The molecule has 0 saturated carbocycles. The number of sulfonamides is 1. The standard InChI is InChI=1S/C16H25N3O2S/c1-17-9-11-18(12-10-17)16-13-19(22(20,21)14-16)8-7-15-5-3-2-4-6-15/h2-6,16H,7-14H2,1H3. The molecular weight excluding hydrogens is 298 g/mol. The van der Waals surface area contributed by atoms with Gasteiger partial charge in [0.15, 0.2) is 0 Å². The fraction of sp³-hybridized carbons (Fsp3) is 0.625. The molecule has 2 aliphatic rings. The molecule has 2 aliphatic heterocycles. The van der Waals surface area contributed by atoms with Crippen molar-refractivity contribution in [3.05, 3.63) is 35.9 Å². The Morgan fingerprint density at radius 2 is 1.77 bits per heavy atom. The van der Waals surface area contributed by atoms with Gasteiger partial charge in [-0.3, -0.25) is 4.90 Å². The number of nitrogens with zero attached hydrogens (tertiary/aromatic N) is 3. The number of hydrogen-bond acceptors (Lipinski definition) is 4. The van der Waals surface area contributed by atoms with Crippen LogP contribution in [0.25, 0.3) is 0 Å². The summed E-state index contributed by atoms with van der Waals surface area (Å²) in [5.74, 6) is 0.283. The molecular formula is C16H25N3O2S. The quantitative estimate of drug-likeness (QED) is 0.809. The Bertz CT molecular complexity index is 583. The van der Waals surface area contributed by atoms with Gasteiger partial charge in [0, 0.05) is 45.3 Å². The van der Waals surface area contributed by atoms with Gasteiger partial charge in [-0.2, -0.15) is 4.31 Å². The topological polar surface area (TPSA) is 43.9 Å². The minimum Gasteiger partial charge on any atom is -0.304 e. The smallest absolute Gasteiger partial charge is 0.215 e. The number of rotatable bonds is 4. The molecule has 1 aromatic rings. The molecule has 0 aromatic heterocycles. The molecule has 1 aromatic carbocycles. The van der Waals surface area contributed by atoms with Gasteiger partial charge in [0.1, 0.15) is 0 Å². The van der Waals surface area contributed by atoms with Crippen molar-refractivity contribution < 1.29 is 8.42 Å². The highest BCUT2D eigenvalue weighted by Gasteiger charge is 2.39. The second kappa shape index (κ2) is 6.66. The van der Waals surface area contributed by atoms with E-state index >= 15 is 0 Å². The van der Waals surface area contributed by atoms with Gasteiger partial charge in [0.25, 0.3) is 0 Å². The summed E-state index contributed by atoms with van der Waals surface area (Å²) in [7, 11) is -0.971. The van der Waals surface area contributed by atoms with Crippen LogP contribution in [0, 0.1) is 0 Å². The van der Waals surface area contributed by atoms with E-state index in [0.717, 1.165) is 32.6 Å². The summed E-state index contributed by atoms with van der Waals surface area (Å²) in [6.07, 6.45) is 0.787. The number of benzene rings is 1. The van der Waals surface area contributed by atoms with E-state index in [1.807, 2.05) is 18.2 Å². The van der Waals surface area contributed by atoms with Crippen LogP contribution in [0.2, 0.25) is 0 Å². The molecule has 6 heteroatoms. The maximum absolute atomic E-state index is 12.4. The minimum absolute atomic E-state index is 0.162. The summed E-state index contributed by atoms with van der Waals surface area (Å²) in [6.45, 7) is 5.25. The maximum atomic E-state index is 12.4. The highest BCUT2D eigenvalue weighted by molar-refractivity contribution is 7.89. The first-order chi connectivity index (χ1) is 10.5. The van der Waals surface area contributed by atoms with Crippen LogP contribution in [0.4, 0.5) is 0 Å². The average Bonchev–Trinajstić information content (AvgIpc) is 2.82. The van der Waals surface area contributed by atoms with Crippen molar-refractivity contribution in [2.45, 2.75) is 12.5 Å². The lowest BCUT2D eigenvalue weighted by atomic mass is 10.1. The van der Waals surface area contributed by atoms with Crippen molar-refractivity contribution in [3.8, 4) is 0 Å². The molecule has 2 heterocycles. The second-order valence-electron chi connectivity index (χ2n) is 6.37. The van der Waals surface area contributed by atoms with Gasteiger partial charge in [-0.25, -0.2) is 8.42 Å². The van der Waals surface area contributed by atoms with Crippen LogP contribution in [0.1, 0.15) is 5.56 Å². The van der Waals surface area contributed by atoms with Crippen molar-refractivity contribution in [3.63, 3.8) is 0 Å². The van der Waals surface area contributed by atoms with Gasteiger partial charge >= 0.3 is 0 Å². The third kappa shape index (κ3) is 3.68. The molecule has 1 unspecified atom stereocenters. The van der Waals surface area contributed by atoms with Crippen molar-refractivity contribution in [2.24, 2.45) is 0 Å². The van der Waals surface area contributed by atoms with Crippen LogP contribution in [-0.4, -0.2) is 80.6 Å². The van der Waals surface area contributed by atoms with E-state index in [2.05, 4.69) is 29.0 Å². The van der Waals surface area contributed by atoms with E-state index in [4.69, 9.17) is 0 Å². The highest BCUT2D eigenvalue weighted by atomic mass is 32.2. The SMILES string of the molecule is CN1CCN(C2CN(CCc3ccccc3)S(=O)(=O)C2)CC1. The van der Waals surface area contributed by atoms with Gasteiger partial charge in [-0.15, -0.1) is 0 Å². The first kappa shape index (κ1) is 15.9. The fourth-order valence-electron chi connectivity index (χ4n) is 3.29. The molecule has 2 saturated heterocycles. The van der Waals surface area contributed by atoms with Crippen LogP contribution < -0.4 is 0 Å². The van der Waals surface area contributed by atoms with Crippen molar-refractivity contribution in [1.82, 2.24) is 14.1 Å². The van der Waals surface area contributed by atoms with Crippen molar-refractivity contribution in [1.29, 1.82) is 0 Å². The highest BCUT2D eigenvalue weighted by Crippen LogP contribution is 2.20. The van der Waals surface area contributed by atoms with E-state index in [1.54, 1.807) is 4.31 Å². The lowest BCUT2D eigenvalue weighted by molar-refractivity contribution is 0.117. The summed E-state index contributed by atoms with van der Waals surface area (Å²) in [4.78, 5) is 4.65. The third-order valence-electron chi connectivity index (χ3n) is 4.76. The molecule has 0 bridgehead atoms. The van der Waals surface area contributed by atoms with Crippen LogP contribution in [0.5, 0.6) is 0 Å². The third-order valence-corrected chi connectivity index (χ3v) is 6.68. The molecule has 0 N–H and O–H groups in total. The van der Waals surface area contributed by atoms with E-state index < -0.39 is 10.0 Å². The van der Waals surface area contributed by atoms with Gasteiger partial charge in [-0.1, -0.05) is 30.3 Å². The van der Waals surface area contributed by atoms with Crippen LogP contribution in [-0.2, 0) is 16.4 Å². The van der Waals surface area contributed by atoms with E-state index in [0.29, 0.717) is 13.1 Å². The van der Waals surface area contributed by atoms with Gasteiger partial charge in [-0.05, 0) is 19.0 Å². The monoisotopic (exact) mass is 323 g/mol. The van der Waals surface area contributed by atoms with E-state index in [9.17, 15) is 8.42 Å². The molecule has 0 amide bonds. The first-order valence-corrected chi connectivity index (χ1v) is 9.60. The zero-order chi connectivity index (χ0) is 15.6. The second-order valence-corrected chi connectivity index (χ2v) is 8.38. The van der Waals surface area contributed by atoms with E-state index in [-0.39, 0.29) is 11.8 Å². The maximum Gasteiger partial charge on any atom is 0.215 e. The van der Waals surface area contributed by atoms with E-state index in [1.165, 1.54) is 5.56 Å². The fourth-order valence-corrected chi connectivity index (χ4v) is 5.07. The predicted molar refractivity (Wildman–Crippen MR) is 88.4 cm³/mol. The van der Waals surface area contributed by atoms with Crippen LogP contribution in [0.3, 0.4) is 0 Å². The van der Waals surface area contributed by atoms with Gasteiger partial charge < -0.3 is 4.90 Å². The largest absolute Gasteiger partial charge is 0.304 e. The van der Waals surface area contributed by atoms with Crippen LogP contribution >= 0.6 is 0 Å². The lowest BCUT2D eigenvalue weighted by Crippen LogP contribution is -2.50. The summed E-state index contributed by atoms with van der Waals surface area (Å²) in [5, 5.41) is 0. The predicted octanol–water partition coefficient (Wildman–Crippen LogP) is 0.491. The molecule has 1 atom stereocenters. The molecule has 0 radical (unpaired) electrons. The molecule has 0 spiro atoms. The summed E-state index contributed by atoms with van der Waals surface area (Å²) >= 11 is 0. The van der Waals surface area contributed by atoms with Gasteiger partial charge in [0.2, 0.25) is 10.0 Å². The molecule has 0 aliphatic carbocycles. The van der Waals surface area contributed by atoms with Crippen LogP contribution in [0.15, 0.2) is 30.3 Å².